The number of alkyl halides is 1. The summed E-state index contributed by atoms with van der Waals surface area (Å²) in [5.74, 6) is 1.93. The fourth-order valence-electron chi connectivity index (χ4n) is 2.68. The van der Waals surface area contributed by atoms with E-state index in [1.807, 2.05) is 0 Å². The van der Waals surface area contributed by atoms with Crippen LogP contribution < -0.4 is 4.90 Å². The maximum atomic E-state index is 4.84. The zero-order chi connectivity index (χ0) is 12.5. The molecule has 0 radical (unpaired) electrons. The van der Waals surface area contributed by atoms with Gasteiger partial charge in [0.05, 0.1) is 5.52 Å². The standard InChI is InChI=1S/C15H17BrN2/c1-11-8-13-4-2-3-5-14(13)17-15(11)18-7-6-12(9-16)10-18/h2-5,8,12H,6-7,9-10H2,1H3. The van der Waals surface area contributed by atoms with Crippen LogP contribution in [0, 0.1) is 12.8 Å². The number of hydrogen-bond acceptors (Lipinski definition) is 2. The van der Waals surface area contributed by atoms with Crippen molar-refractivity contribution in [3.8, 4) is 0 Å². The highest BCUT2D eigenvalue weighted by atomic mass is 79.9. The lowest BCUT2D eigenvalue weighted by Crippen LogP contribution is -2.22. The molecule has 1 aliphatic heterocycles. The smallest absolute Gasteiger partial charge is 0.132 e. The van der Waals surface area contributed by atoms with Gasteiger partial charge >= 0.3 is 0 Å². The van der Waals surface area contributed by atoms with Gasteiger partial charge in [-0.2, -0.15) is 0 Å². The molecule has 1 unspecified atom stereocenters. The molecule has 0 saturated carbocycles. The van der Waals surface area contributed by atoms with Crippen molar-refractivity contribution in [2.24, 2.45) is 5.92 Å². The van der Waals surface area contributed by atoms with Gasteiger partial charge < -0.3 is 4.90 Å². The highest BCUT2D eigenvalue weighted by molar-refractivity contribution is 9.09. The average molecular weight is 305 g/mol. The van der Waals surface area contributed by atoms with E-state index in [9.17, 15) is 0 Å². The molecule has 1 aromatic carbocycles. The number of aromatic nitrogens is 1. The zero-order valence-electron chi connectivity index (χ0n) is 10.6. The van der Waals surface area contributed by atoms with Crippen molar-refractivity contribution in [1.82, 2.24) is 4.98 Å². The third-order valence-electron chi connectivity index (χ3n) is 3.69. The quantitative estimate of drug-likeness (QED) is 0.785. The van der Waals surface area contributed by atoms with E-state index in [2.05, 4.69) is 58.1 Å². The molecular weight excluding hydrogens is 288 g/mol. The monoisotopic (exact) mass is 304 g/mol. The summed E-state index contributed by atoms with van der Waals surface area (Å²) >= 11 is 3.59. The van der Waals surface area contributed by atoms with Crippen LogP contribution in [0.2, 0.25) is 0 Å². The molecule has 1 aliphatic rings. The molecule has 1 aromatic heterocycles. The summed E-state index contributed by atoms with van der Waals surface area (Å²) < 4.78 is 0. The predicted octanol–water partition coefficient (Wildman–Crippen LogP) is 3.76. The fraction of sp³-hybridized carbons (Fsp3) is 0.400. The lowest BCUT2D eigenvalue weighted by atomic mass is 10.1. The van der Waals surface area contributed by atoms with Crippen molar-refractivity contribution in [3.63, 3.8) is 0 Å². The van der Waals surface area contributed by atoms with Crippen LogP contribution in [0.15, 0.2) is 30.3 Å². The Kier molecular flexibility index (Phi) is 3.25. The molecule has 3 rings (SSSR count). The van der Waals surface area contributed by atoms with Crippen LogP contribution in [0.1, 0.15) is 12.0 Å². The summed E-state index contributed by atoms with van der Waals surface area (Å²) in [7, 11) is 0. The lowest BCUT2D eigenvalue weighted by Gasteiger charge is -2.20. The van der Waals surface area contributed by atoms with E-state index >= 15 is 0 Å². The zero-order valence-corrected chi connectivity index (χ0v) is 12.2. The summed E-state index contributed by atoms with van der Waals surface area (Å²) in [6.45, 7) is 4.41. The minimum absolute atomic E-state index is 0.762. The number of rotatable bonds is 2. The number of pyridine rings is 1. The maximum Gasteiger partial charge on any atom is 0.132 e. The second-order valence-electron chi connectivity index (χ2n) is 5.08. The molecule has 1 saturated heterocycles. The third kappa shape index (κ3) is 2.12. The molecule has 2 nitrogen and oxygen atoms in total. The van der Waals surface area contributed by atoms with E-state index in [1.165, 1.54) is 17.4 Å². The molecule has 1 atom stereocenters. The van der Waals surface area contributed by atoms with Crippen molar-refractivity contribution in [3.05, 3.63) is 35.9 Å². The van der Waals surface area contributed by atoms with Crippen molar-refractivity contribution in [2.45, 2.75) is 13.3 Å². The summed E-state index contributed by atoms with van der Waals surface area (Å²) in [6.07, 6.45) is 1.26. The Labute approximate surface area is 116 Å². The van der Waals surface area contributed by atoms with Crippen LogP contribution in [0.4, 0.5) is 5.82 Å². The first-order chi connectivity index (χ1) is 8.78. The first-order valence-electron chi connectivity index (χ1n) is 6.45. The normalized spacial score (nSPS) is 19.7. The van der Waals surface area contributed by atoms with Crippen LogP contribution in [-0.4, -0.2) is 23.4 Å². The van der Waals surface area contributed by atoms with E-state index in [1.54, 1.807) is 0 Å². The second-order valence-corrected chi connectivity index (χ2v) is 5.72. The number of benzene rings is 1. The van der Waals surface area contributed by atoms with Crippen molar-refractivity contribution in [1.29, 1.82) is 0 Å². The molecule has 2 aromatic rings. The lowest BCUT2D eigenvalue weighted by molar-refractivity contribution is 0.675. The number of para-hydroxylation sites is 1. The fourth-order valence-corrected chi connectivity index (χ4v) is 3.21. The SMILES string of the molecule is Cc1cc2ccccc2nc1N1CCC(CBr)C1. The molecule has 3 heteroatoms. The van der Waals surface area contributed by atoms with Gasteiger partial charge in [-0.15, -0.1) is 0 Å². The Balaban J connectivity index is 1.99. The van der Waals surface area contributed by atoms with Crippen LogP contribution in [0.3, 0.4) is 0 Å². The van der Waals surface area contributed by atoms with Gasteiger partial charge in [-0.25, -0.2) is 4.98 Å². The minimum Gasteiger partial charge on any atom is -0.356 e. The van der Waals surface area contributed by atoms with Crippen LogP contribution >= 0.6 is 15.9 Å². The number of hydrogen-bond donors (Lipinski definition) is 0. The van der Waals surface area contributed by atoms with E-state index in [0.717, 1.165) is 35.7 Å². The molecule has 1 fully saturated rings. The number of fused-ring (bicyclic) bond motifs is 1. The minimum atomic E-state index is 0.762. The largest absolute Gasteiger partial charge is 0.356 e. The molecule has 0 amide bonds. The van der Waals surface area contributed by atoms with Gasteiger partial charge in [0.25, 0.3) is 0 Å². The van der Waals surface area contributed by atoms with Gasteiger partial charge in [0, 0.05) is 23.8 Å². The Hall–Kier alpha value is -1.09. The third-order valence-corrected chi connectivity index (χ3v) is 4.61. The Morgan fingerprint density at radius 2 is 2.22 bits per heavy atom. The molecule has 18 heavy (non-hydrogen) atoms. The molecule has 94 valence electrons. The molecule has 0 aliphatic carbocycles. The first kappa shape index (κ1) is 12.0. The molecule has 0 bridgehead atoms. The topological polar surface area (TPSA) is 16.1 Å². The van der Waals surface area contributed by atoms with Crippen LogP contribution in [0.5, 0.6) is 0 Å². The Bertz CT molecular complexity index is 567. The predicted molar refractivity (Wildman–Crippen MR) is 80.6 cm³/mol. The van der Waals surface area contributed by atoms with Gasteiger partial charge in [0.1, 0.15) is 5.82 Å². The van der Waals surface area contributed by atoms with E-state index in [-0.39, 0.29) is 0 Å². The molecule has 0 N–H and O–H groups in total. The molecular formula is C15H17BrN2. The number of nitrogens with zero attached hydrogens (tertiary/aromatic N) is 2. The number of halogens is 1. The summed E-state index contributed by atoms with van der Waals surface area (Å²) in [5.41, 5.74) is 2.38. The van der Waals surface area contributed by atoms with Crippen molar-refractivity contribution < 1.29 is 0 Å². The number of aryl methyl sites for hydroxylation is 1. The summed E-state index contributed by atoms with van der Waals surface area (Å²) in [4.78, 5) is 7.26. The highest BCUT2D eigenvalue weighted by Gasteiger charge is 2.23. The Morgan fingerprint density at radius 3 is 3.00 bits per heavy atom. The van der Waals surface area contributed by atoms with Gasteiger partial charge in [0.2, 0.25) is 0 Å². The van der Waals surface area contributed by atoms with Gasteiger partial charge in [-0.3, -0.25) is 0 Å². The van der Waals surface area contributed by atoms with Crippen molar-refractivity contribution >= 4 is 32.7 Å². The summed E-state index contributed by atoms with van der Waals surface area (Å²) in [6, 6.07) is 10.6. The van der Waals surface area contributed by atoms with E-state index < -0.39 is 0 Å². The number of anilines is 1. The van der Waals surface area contributed by atoms with E-state index in [0.29, 0.717) is 0 Å². The maximum absolute atomic E-state index is 4.84. The average Bonchev–Trinajstić information content (AvgIpc) is 2.86. The van der Waals surface area contributed by atoms with Crippen LogP contribution in [0.25, 0.3) is 10.9 Å². The van der Waals surface area contributed by atoms with Crippen LogP contribution in [-0.2, 0) is 0 Å². The van der Waals surface area contributed by atoms with Gasteiger partial charge in [-0.1, -0.05) is 34.1 Å². The Morgan fingerprint density at radius 1 is 1.39 bits per heavy atom. The molecule has 0 spiro atoms. The van der Waals surface area contributed by atoms with Gasteiger partial charge in [0.15, 0.2) is 0 Å². The van der Waals surface area contributed by atoms with E-state index in [4.69, 9.17) is 4.98 Å². The van der Waals surface area contributed by atoms with Crippen molar-refractivity contribution in [2.75, 3.05) is 23.3 Å². The summed E-state index contributed by atoms with van der Waals surface area (Å²) in [5, 5.41) is 2.32. The second kappa shape index (κ2) is 4.88. The highest BCUT2D eigenvalue weighted by Crippen LogP contribution is 2.28. The van der Waals surface area contributed by atoms with Gasteiger partial charge in [-0.05, 0) is 37.0 Å². The molecule has 2 heterocycles. The first-order valence-corrected chi connectivity index (χ1v) is 7.57.